The Morgan fingerprint density at radius 3 is 2.39 bits per heavy atom. The first-order valence-corrected chi connectivity index (χ1v) is 8.99. The number of anilines is 1. The number of pyridine rings is 1. The van der Waals surface area contributed by atoms with Crippen LogP contribution in [0.1, 0.15) is 11.4 Å². The van der Waals surface area contributed by atoms with E-state index in [2.05, 4.69) is 14.9 Å². The van der Waals surface area contributed by atoms with Gasteiger partial charge in [-0.1, -0.05) is 0 Å². The molecule has 23 heavy (non-hydrogen) atoms. The fourth-order valence-corrected chi connectivity index (χ4v) is 4.22. The van der Waals surface area contributed by atoms with Crippen molar-refractivity contribution < 1.29 is 8.42 Å². The predicted octanol–water partition coefficient (Wildman–Crippen LogP) is 0.943. The Kier molecular flexibility index (Phi) is 4.11. The summed E-state index contributed by atoms with van der Waals surface area (Å²) in [4.78, 5) is 10.5. The molecule has 1 aliphatic rings. The molecule has 3 rings (SSSR count). The molecule has 0 amide bonds. The van der Waals surface area contributed by atoms with Crippen molar-refractivity contribution in [2.24, 2.45) is 7.05 Å². The molecule has 0 N–H and O–H groups in total. The van der Waals surface area contributed by atoms with Gasteiger partial charge in [-0.05, 0) is 25.5 Å². The van der Waals surface area contributed by atoms with Gasteiger partial charge in [0.25, 0.3) is 10.0 Å². The molecule has 0 bridgehead atoms. The lowest BCUT2D eigenvalue weighted by molar-refractivity contribution is 0.383. The van der Waals surface area contributed by atoms with Gasteiger partial charge in [0.2, 0.25) is 0 Å². The normalized spacial score (nSPS) is 16.7. The molecular weight excluding hydrogens is 314 g/mol. The largest absolute Gasteiger partial charge is 0.369 e. The molecule has 124 valence electrons. The summed E-state index contributed by atoms with van der Waals surface area (Å²) in [6, 6.07) is 1.97. The molecule has 2 aromatic rings. The first-order chi connectivity index (χ1) is 10.9. The van der Waals surface area contributed by atoms with Crippen LogP contribution in [0.2, 0.25) is 0 Å². The minimum Gasteiger partial charge on any atom is -0.369 e. The molecule has 0 aliphatic carbocycles. The molecule has 0 saturated carbocycles. The van der Waals surface area contributed by atoms with Gasteiger partial charge in [0, 0.05) is 57.5 Å². The summed E-state index contributed by atoms with van der Waals surface area (Å²) in [5, 5.41) is 0.131. The number of aryl methyl sites for hydroxylation is 3. The predicted molar refractivity (Wildman–Crippen MR) is 87.9 cm³/mol. The molecule has 0 spiro atoms. The van der Waals surface area contributed by atoms with E-state index in [-0.39, 0.29) is 5.03 Å². The number of imidazole rings is 1. The average molecular weight is 335 g/mol. The number of hydrogen-bond acceptors (Lipinski definition) is 5. The Morgan fingerprint density at radius 2 is 1.83 bits per heavy atom. The van der Waals surface area contributed by atoms with Crippen LogP contribution in [0, 0.1) is 13.8 Å². The Hall–Kier alpha value is -1.93. The van der Waals surface area contributed by atoms with Crippen molar-refractivity contribution >= 4 is 15.7 Å². The molecule has 0 unspecified atom stereocenters. The summed E-state index contributed by atoms with van der Waals surface area (Å²) in [7, 11) is -1.72. The molecule has 1 saturated heterocycles. The lowest BCUT2D eigenvalue weighted by Gasteiger charge is -2.35. The third-order valence-corrected chi connectivity index (χ3v) is 6.03. The second-order valence-corrected chi connectivity index (χ2v) is 7.68. The highest BCUT2D eigenvalue weighted by Crippen LogP contribution is 2.22. The van der Waals surface area contributed by atoms with Crippen LogP contribution in [0.15, 0.2) is 29.7 Å². The zero-order chi connectivity index (χ0) is 16.6. The minimum atomic E-state index is -3.52. The van der Waals surface area contributed by atoms with Crippen LogP contribution < -0.4 is 4.90 Å². The Bertz CT molecular complexity index is 788. The number of nitrogens with zero attached hydrogens (tertiary/aromatic N) is 5. The molecular formula is C15H21N5O2S. The number of aromatic nitrogens is 3. The molecule has 3 heterocycles. The van der Waals surface area contributed by atoms with E-state index in [4.69, 9.17) is 0 Å². The van der Waals surface area contributed by atoms with Gasteiger partial charge in [-0.25, -0.2) is 13.4 Å². The molecule has 7 nitrogen and oxygen atoms in total. The van der Waals surface area contributed by atoms with Gasteiger partial charge in [0.05, 0.1) is 0 Å². The zero-order valence-electron chi connectivity index (χ0n) is 13.6. The van der Waals surface area contributed by atoms with Gasteiger partial charge in [0.1, 0.15) is 5.82 Å². The maximum absolute atomic E-state index is 12.7. The van der Waals surface area contributed by atoms with Crippen molar-refractivity contribution in [1.29, 1.82) is 0 Å². The maximum atomic E-state index is 12.7. The number of hydrogen-bond donors (Lipinski definition) is 0. The van der Waals surface area contributed by atoms with Crippen LogP contribution >= 0.6 is 0 Å². The van der Waals surface area contributed by atoms with Gasteiger partial charge >= 0.3 is 0 Å². The lowest BCUT2D eigenvalue weighted by atomic mass is 10.2. The van der Waals surface area contributed by atoms with E-state index in [1.165, 1.54) is 4.31 Å². The highest BCUT2D eigenvalue weighted by atomic mass is 32.2. The van der Waals surface area contributed by atoms with E-state index in [0.29, 0.717) is 32.0 Å². The van der Waals surface area contributed by atoms with E-state index in [0.717, 1.165) is 11.3 Å². The third kappa shape index (κ3) is 2.96. The van der Waals surface area contributed by atoms with Crippen molar-refractivity contribution in [3.8, 4) is 0 Å². The number of piperazine rings is 1. The van der Waals surface area contributed by atoms with E-state index in [1.807, 2.05) is 19.2 Å². The molecule has 8 heteroatoms. The lowest BCUT2D eigenvalue weighted by Crippen LogP contribution is -2.48. The summed E-state index contributed by atoms with van der Waals surface area (Å²) in [6.07, 6.45) is 5.17. The van der Waals surface area contributed by atoms with E-state index < -0.39 is 10.0 Å². The smallest absolute Gasteiger partial charge is 0.262 e. The molecule has 2 aromatic heterocycles. The third-order valence-electron chi connectivity index (χ3n) is 4.26. The number of sulfonamides is 1. The summed E-state index contributed by atoms with van der Waals surface area (Å²) in [5.74, 6) is 0.689. The zero-order valence-corrected chi connectivity index (χ0v) is 14.4. The summed E-state index contributed by atoms with van der Waals surface area (Å²) < 4.78 is 28.6. The minimum absolute atomic E-state index is 0.131. The first kappa shape index (κ1) is 15.9. The monoisotopic (exact) mass is 335 g/mol. The fourth-order valence-electron chi connectivity index (χ4n) is 2.77. The first-order valence-electron chi connectivity index (χ1n) is 7.55. The van der Waals surface area contributed by atoms with Crippen LogP contribution in [-0.2, 0) is 17.1 Å². The van der Waals surface area contributed by atoms with Crippen molar-refractivity contribution in [2.75, 3.05) is 31.1 Å². The van der Waals surface area contributed by atoms with Crippen molar-refractivity contribution in [2.45, 2.75) is 18.9 Å². The van der Waals surface area contributed by atoms with E-state index >= 15 is 0 Å². The van der Waals surface area contributed by atoms with Crippen molar-refractivity contribution in [1.82, 2.24) is 18.8 Å². The molecule has 1 fully saturated rings. The van der Waals surface area contributed by atoms with Gasteiger partial charge < -0.3 is 9.47 Å². The quantitative estimate of drug-likeness (QED) is 0.835. The fraction of sp³-hybridized carbons (Fsp3) is 0.467. The number of rotatable bonds is 3. The van der Waals surface area contributed by atoms with Crippen LogP contribution in [0.25, 0.3) is 0 Å². The van der Waals surface area contributed by atoms with Crippen LogP contribution in [0.5, 0.6) is 0 Å². The standard InChI is InChI=1S/C15H21N5O2S/c1-12-10-16-5-4-14(12)19-6-8-20(9-7-19)23(21,22)15-11-18(3)13(2)17-15/h4-5,10-11H,6-9H2,1-3H3. The highest BCUT2D eigenvalue weighted by Gasteiger charge is 2.30. The highest BCUT2D eigenvalue weighted by molar-refractivity contribution is 7.89. The van der Waals surface area contributed by atoms with E-state index in [9.17, 15) is 8.42 Å². The Morgan fingerprint density at radius 1 is 1.13 bits per heavy atom. The van der Waals surface area contributed by atoms with Gasteiger partial charge in [0.15, 0.2) is 5.03 Å². The van der Waals surface area contributed by atoms with Crippen LogP contribution in [0.3, 0.4) is 0 Å². The van der Waals surface area contributed by atoms with Crippen molar-refractivity contribution in [3.63, 3.8) is 0 Å². The summed E-state index contributed by atoms with van der Waals surface area (Å²) in [6.45, 7) is 6.05. The van der Waals surface area contributed by atoms with E-state index in [1.54, 1.807) is 30.9 Å². The van der Waals surface area contributed by atoms with Crippen LogP contribution in [0.4, 0.5) is 5.69 Å². The summed E-state index contributed by atoms with van der Waals surface area (Å²) >= 11 is 0. The average Bonchev–Trinajstić information content (AvgIpc) is 2.88. The Labute approximate surface area is 136 Å². The molecule has 1 aliphatic heterocycles. The van der Waals surface area contributed by atoms with Crippen LogP contribution in [-0.4, -0.2) is 53.4 Å². The second-order valence-electron chi connectivity index (χ2n) is 5.79. The topological polar surface area (TPSA) is 71.3 Å². The molecule has 0 aromatic carbocycles. The van der Waals surface area contributed by atoms with Gasteiger partial charge in [-0.3, -0.25) is 4.98 Å². The Balaban J connectivity index is 1.75. The second kappa shape index (κ2) is 5.93. The summed E-state index contributed by atoms with van der Waals surface area (Å²) in [5.41, 5.74) is 2.22. The molecule has 0 atom stereocenters. The SMILES string of the molecule is Cc1cnccc1N1CCN(S(=O)(=O)c2cn(C)c(C)n2)CC1. The van der Waals surface area contributed by atoms with Gasteiger partial charge in [-0.2, -0.15) is 4.31 Å². The maximum Gasteiger partial charge on any atom is 0.262 e. The van der Waals surface area contributed by atoms with Gasteiger partial charge in [-0.15, -0.1) is 0 Å². The van der Waals surface area contributed by atoms with Crippen molar-refractivity contribution in [3.05, 3.63) is 36.0 Å². The molecule has 0 radical (unpaired) electrons.